The summed E-state index contributed by atoms with van der Waals surface area (Å²) in [6, 6.07) is 7.80. The van der Waals surface area contributed by atoms with Gasteiger partial charge >= 0.3 is 5.97 Å². The maximum atomic E-state index is 11.4. The van der Waals surface area contributed by atoms with Crippen LogP contribution in [0.1, 0.15) is 32.3 Å². The summed E-state index contributed by atoms with van der Waals surface area (Å²) in [4.78, 5) is 11.4. The highest BCUT2D eigenvalue weighted by molar-refractivity contribution is 5.77. The van der Waals surface area contributed by atoms with Gasteiger partial charge in [-0.1, -0.05) is 32.0 Å². The summed E-state index contributed by atoms with van der Waals surface area (Å²) in [5, 5.41) is 0. The number of para-hydroxylation sites is 1. The summed E-state index contributed by atoms with van der Waals surface area (Å²) in [6.07, 6.45) is 1.44. The Morgan fingerprint density at radius 3 is 2.86 bits per heavy atom. The number of esters is 1. The molecule has 0 saturated heterocycles. The highest BCUT2D eigenvalue weighted by atomic mass is 16.5. The molecule has 0 spiro atoms. The van der Waals surface area contributed by atoms with Gasteiger partial charge in [0.15, 0.2) is 0 Å². The number of benzene rings is 1. The highest BCUT2D eigenvalue weighted by Crippen LogP contribution is 2.40. The maximum Gasteiger partial charge on any atom is 0.312 e. The number of rotatable bonds is 1. The third kappa shape index (κ3) is 1.31. The molecule has 1 aromatic carbocycles. The molecule has 0 amide bonds. The van der Waals surface area contributed by atoms with Gasteiger partial charge in [0.25, 0.3) is 0 Å². The third-order valence-corrected chi connectivity index (χ3v) is 3.08. The topological polar surface area (TPSA) is 26.3 Å². The molecule has 0 fully saturated rings. The zero-order valence-electron chi connectivity index (χ0n) is 8.54. The molecule has 2 heteroatoms. The molecule has 0 radical (unpaired) electrons. The van der Waals surface area contributed by atoms with Crippen LogP contribution < -0.4 is 4.74 Å². The van der Waals surface area contributed by atoms with Crippen molar-refractivity contribution < 1.29 is 9.53 Å². The lowest BCUT2D eigenvalue weighted by molar-refractivity contribution is -0.137. The second kappa shape index (κ2) is 3.12. The van der Waals surface area contributed by atoms with E-state index in [0.717, 1.165) is 17.7 Å². The first-order valence-electron chi connectivity index (χ1n) is 4.96. The van der Waals surface area contributed by atoms with Gasteiger partial charge in [-0.3, -0.25) is 4.79 Å². The van der Waals surface area contributed by atoms with Crippen molar-refractivity contribution in [3.8, 4) is 5.75 Å². The zero-order valence-corrected chi connectivity index (χ0v) is 8.54. The Labute approximate surface area is 83.9 Å². The van der Waals surface area contributed by atoms with Gasteiger partial charge in [-0.25, -0.2) is 0 Å². The minimum Gasteiger partial charge on any atom is -0.426 e. The number of carbonyl (C=O) groups is 1. The summed E-state index contributed by atoms with van der Waals surface area (Å²) in [5.74, 6) is 0.612. The molecule has 14 heavy (non-hydrogen) atoms. The van der Waals surface area contributed by atoms with E-state index in [1.807, 2.05) is 24.3 Å². The van der Waals surface area contributed by atoms with Gasteiger partial charge < -0.3 is 4.74 Å². The molecule has 2 nitrogen and oxygen atoms in total. The van der Waals surface area contributed by atoms with E-state index in [-0.39, 0.29) is 11.4 Å². The lowest BCUT2D eigenvalue weighted by atomic mass is 9.75. The van der Waals surface area contributed by atoms with E-state index in [9.17, 15) is 4.79 Å². The standard InChI is InChI=1S/C12H14O2/c1-3-12(2)8-11(13)14-10-7-5-4-6-9(10)12/h4-7H,3,8H2,1-2H3/t12-/m1/s1. The first-order chi connectivity index (χ1) is 6.65. The van der Waals surface area contributed by atoms with Gasteiger partial charge in [0, 0.05) is 11.0 Å². The van der Waals surface area contributed by atoms with E-state index in [4.69, 9.17) is 4.74 Å². The molecule has 1 aliphatic rings. The first kappa shape index (κ1) is 9.25. The third-order valence-electron chi connectivity index (χ3n) is 3.08. The number of fused-ring (bicyclic) bond motifs is 1. The SMILES string of the molecule is CC[C@]1(C)CC(=O)Oc2ccccc21. The molecule has 0 aliphatic carbocycles. The monoisotopic (exact) mass is 190 g/mol. The highest BCUT2D eigenvalue weighted by Gasteiger charge is 2.35. The van der Waals surface area contributed by atoms with E-state index < -0.39 is 0 Å². The van der Waals surface area contributed by atoms with Crippen molar-refractivity contribution in [2.75, 3.05) is 0 Å². The van der Waals surface area contributed by atoms with Crippen LogP contribution in [0.3, 0.4) is 0 Å². The molecule has 2 rings (SSSR count). The van der Waals surface area contributed by atoms with Gasteiger partial charge in [-0.15, -0.1) is 0 Å². The molecule has 0 aromatic heterocycles. The van der Waals surface area contributed by atoms with Crippen molar-refractivity contribution in [2.24, 2.45) is 0 Å². The minimum absolute atomic E-state index is 0.0497. The molecular weight excluding hydrogens is 176 g/mol. The predicted octanol–water partition coefficient (Wildman–Crippen LogP) is 2.66. The van der Waals surface area contributed by atoms with Crippen molar-refractivity contribution in [3.05, 3.63) is 29.8 Å². The summed E-state index contributed by atoms with van der Waals surface area (Å²) in [7, 11) is 0. The molecule has 1 aliphatic heterocycles. The number of ether oxygens (including phenoxy) is 1. The Kier molecular flexibility index (Phi) is 2.06. The van der Waals surface area contributed by atoms with Crippen LogP contribution >= 0.6 is 0 Å². The van der Waals surface area contributed by atoms with Crippen LogP contribution in [0.5, 0.6) is 5.75 Å². The number of hydrogen-bond donors (Lipinski definition) is 0. The van der Waals surface area contributed by atoms with Crippen LogP contribution in [0, 0.1) is 0 Å². The van der Waals surface area contributed by atoms with Gasteiger partial charge in [-0.2, -0.15) is 0 Å². The largest absolute Gasteiger partial charge is 0.426 e. The predicted molar refractivity (Wildman–Crippen MR) is 54.3 cm³/mol. The molecule has 0 saturated carbocycles. The molecule has 1 aromatic rings. The van der Waals surface area contributed by atoms with Crippen LogP contribution in [-0.2, 0) is 10.2 Å². The smallest absolute Gasteiger partial charge is 0.312 e. The van der Waals surface area contributed by atoms with Crippen molar-refractivity contribution in [2.45, 2.75) is 32.1 Å². The fourth-order valence-corrected chi connectivity index (χ4v) is 1.94. The average molecular weight is 190 g/mol. The van der Waals surface area contributed by atoms with E-state index in [0.29, 0.717) is 6.42 Å². The minimum atomic E-state index is -0.118. The Morgan fingerprint density at radius 1 is 1.43 bits per heavy atom. The van der Waals surface area contributed by atoms with Gasteiger partial charge in [0.05, 0.1) is 6.42 Å². The molecule has 74 valence electrons. The van der Waals surface area contributed by atoms with Crippen LogP contribution in [0.4, 0.5) is 0 Å². The van der Waals surface area contributed by atoms with Crippen LogP contribution in [0.2, 0.25) is 0 Å². The lowest BCUT2D eigenvalue weighted by Crippen LogP contribution is -2.32. The van der Waals surface area contributed by atoms with E-state index in [1.54, 1.807) is 0 Å². The van der Waals surface area contributed by atoms with Crippen molar-refractivity contribution in [3.63, 3.8) is 0 Å². The molecular formula is C12H14O2. The number of hydrogen-bond acceptors (Lipinski definition) is 2. The quantitative estimate of drug-likeness (QED) is 0.502. The fourth-order valence-electron chi connectivity index (χ4n) is 1.94. The van der Waals surface area contributed by atoms with Crippen molar-refractivity contribution in [1.29, 1.82) is 0 Å². The van der Waals surface area contributed by atoms with Crippen molar-refractivity contribution >= 4 is 5.97 Å². The Bertz CT molecular complexity index is 370. The summed E-state index contributed by atoms with van der Waals surface area (Å²) < 4.78 is 5.19. The molecule has 1 heterocycles. The normalized spacial score (nSPS) is 25.4. The Morgan fingerprint density at radius 2 is 2.14 bits per heavy atom. The van der Waals surface area contributed by atoms with Crippen LogP contribution in [0.25, 0.3) is 0 Å². The summed E-state index contributed by atoms with van der Waals surface area (Å²) >= 11 is 0. The molecule has 0 unspecified atom stereocenters. The molecule has 1 atom stereocenters. The number of carbonyl (C=O) groups excluding carboxylic acids is 1. The van der Waals surface area contributed by atoms with Gasteiger partial charge in [0.2, 0.25) is 0 Å². The summed E-state index contributed by atoms with van der Waals surface area (Å²) in [6.45, 7) is 4.22. The second-order valence-corrected chi connectivity index (χ2v) is 4.06. The Hall–Kier alpha value is -1.31. The lowest BCUT2D eigenvalue weighted by Gasteiger charge is -2.33. The second-order valence-electron chi connectivity index (χ2n) is 4.06. The zero-order chi connectivity index (χ0) is 10.2. The Balaban J connectivity index is 2.54. The van der Waals surface area contributed by atoms with E-state index in [1.165, 1.54) is 0 Å². The van der Waals surface area contributed by atoms with E-state index >= 15 is 0 Å². The van der Waals surface area contributed by atoms with Crippen LogP contribution in [0.15, 0.2) is 24.3 Å². The van der Waals surface area contributed by atoms with Gasteiger partial charge in [0.1, 0.15) is 5.75 Å². The van der Waals surface area contributed by atoms with Gasteiger partial charge in [-0.05, 0) is 12.5 Å². The van der Waals surface area contributed by atoms with Crippen molar-refractivity contribution in [1.82, 2.24) is 0 Å². The molecule has 0 N–H and O–H groups in total. The molecule has 0 bridgehead atoms. The average Bonchev–Trinajstić information content (AvgIpc) is 2.17. The first-order valence-corrected chi connectivity index (χ1v) is 4.96. The van der Waals surface area contributed by atoms with E-state index in [2.05, 4.69) is 13.8 Å². The summed E-state index contributed by atoms with van der Waals surface area (Å²) in [5.41, 5.74) is 1.11. The van der Waals surface area contributed by atoms with Crippen LogP contribution in [-0.4, -0.2) is 5.97 Å². The maximum absolute atomic E-state index is 11.4. The fraction of sp³-hybridized carbons (Fsp3) is 0.417.